The van der Waals surface area contributed by atoms with Gasteiger partial charge < -0.3 is 15.2 Å². The van der Waals surface area contributed by atoms with E-state index in [1.165, 1.54) is 25.7 Å². The Morgan fingerprint density at radius 3 is 2.80 bits per heavy atom. The predicted molar refractivity (Wildman–Crippen MR) is 76.6 cm³/mol. The van der Waals surface area contributed by atoms with Crippen LogP contribution in [-0.2, 0) is 4.74 Å². The highest BCUT2D eigenvalue weighted by atomic mass is 16.5. The minimum atomic E-state index is -0.307. The van der Waals surface area contributed by atoms with Gasteiger partial charge in [0, 0.05) is 11.8 Å². The summed E-state index contributed by atoms with van der Waals surface area (Å²) in [5.74, 6) is 2.47. The minimum absolute atomic E-state index is 0.307. The van der Waals surface area contributed by atoms with Crippen LogP contribution in [0.4, 0.5) is 5.69 Å². The zero-order valence-corrected chi connectivity index (χ0v) is 11.8. The third-order valence-electron chi connectivity index (χ3n) is 4.71. The summed E-state index contributed by atoms with van der Waals surface area (Å²) in [5, 5.41) is 0. The van der Waals surface area contributed by atoms with Crippen molar-refractivity contribution in [3.8, 4) is 5.75 Å². The molecule has 4 heteroatoms. The van der Waals surface area contributed by atoms with Gasteiger partial charge >= 0.3 is 5.97 Å². The molecule has 2 bridgehead atoms. The van der Waals surface area contributed by atoms with Crippen LogP contribution in [0.1, 0.15) is 36.0 Å². The third kappa shape index (κ3) is 2.60. The number of rotatable bonds is 4. The molecule has 3 atom stereocenters. The van der Waals surface area contributed by atoms with Crippen LogP contribution in [0.5, 0.6) is 5.75 Å². The molecule has 0 spiro atoms. The Hall–Kier alpha value is -1.71. The number of nitrogen functional groups attached to an aromatic ring is 1. The number of hydrogen-bond acceptors (Lipinski definition) is 4. The summed E-state index contributed by atoms with van der Waals surface area (Å²) >= 11 is 0. The van der Waals surface area contributed by atoms with Gasteiger partial charge in [-0.15, -0.1) is 0 Å². The van der Waals surface area contributed by atoms with Gasteiger partial charge in [0.15, 0.2) is 0 Å². The van der Waals surface area contributed by atoms with E-state index in [4.69, 9.17) is 15.2 Å². The molecular formula is C16H21NO3. The number of carbonyl (C=O) groups is 1. The fourth-order valence-corrected chi connectivity index (χ4v) is 3.70. The van der Waals surface area contributed by atoms with Gasteiger partial charge in [0.05, 0.1) is 19.3 Å². The van der Waals surface area contributed by atoms with Crippen molar-refractivity contribution in [3.63, 3.8) is 0 Å². The van der Waals surface area contributed by atoms with Crippen molar-refractivity contribution in [1.29, 1.82) is 0 Å². The highest BCUT2D eigenvalue weighted by Crippen LogP contribution is 2.48. The number of nitrogens with two attached hydrogens (primary N) is 1. The van der Waals surface area contributed by atoms with E-state index in [1.54, 1.807) is 25.3 Å². The molecule has 3 rings (SSSR count). The van der Waals surface area contributed by atoms with E-state index in [1.807, 2.05) is 0 Å². The zero-order valence-electron chi connectivity index (χ0n) is 11.8. The highest BCUT2D eigenvalue weighted by molar-refractivity contribution is 5.91. The summed E-state index contributed by atoms with van der Waals surface area (Å²) < 4.78 is 10.6. The van der Waals surface area contributed by atoms with Crippen LogP contribution in [0.2, 0.25) is 0 Å². The molecule has 1 aromatic rings. The molecular weight excluding hydrogens is 254 g/mol. The lowest BCUT2D eigenvalue weighted by molar-refractivity contribution is 0.0394. The van der Waals surface area contributed by atoms with Crippen LogP contribution in [0.25, 0.3) is 0 Å². The molecule has 1 aromatic carbocycles. The lowest BCUT2D eigenvalue weighted by Gasteiger charge is -2.21. The first kappa shape index (κ1) is 13.3. The van der Waals surface area contributed by atoms with E-state index in [-0.39, 0.29) is 5.97 Å². The average Bonchev–Trinajstić information content (AvgIpc) is 3.06. The monoisotopic (exact) mass is 275 g/mol. The van der Waals surface area contributed by atoms with Crippen molar-refractivity contribution in [2.45, 2.75) is 25.7 Å². The number of anilines is 1. The summed E-state index contributed by atoms with van der Waals surface area (Å²) in [4.78, 5) is 12.1. The number of hydrogen-bond donors (Lipinski definition) is 1. The largest absolute Gasteiger partial charge is 0.497 e. The van der Waals surface area contributed by atoms with Gasteiger partial charge in [-0.3, -0.25) is 0 Å². The van der Waals surface area contributed by atoms with E-state index in [0.717, 1.165) is 11.8 Å². The summed E-state index contributed by atoms with van der Waals surface area (Å²) in [5.41, 5.74) is 6.73. The average molecular weight is 275 g/mol. The summed E-state index contributed by atoms with van der Waals surface area (Å²) in [6.07, 6.45) is 5.22. The van der Waals surface area contributed by atoms with Crippen LogP contribution in [0, 0.1) is 17.8 Å². The molecule has 0 saturated heterocycles. The molecule has 0 aromatic heterocycles. The second kappa shape index (κ2) is 5.35. The maximum absolute atomic E-state index is 12.1. The van der Waals surface area contributed by atoms with Crippen LogP contribution >= 0.6 is 0 Å². The number of ether oxygens (including phenoxy) is 2. The molecule has 2 aliphatic carbocycles. The van der Waals surface area contributed by atoms with Crippen molar-refractivity contribution >= 4 is 11.7 Å². The van der Waals surface area contributed by atoms with E-state index in [9.17, 15) is 4.79 Å². The molecule has 3 unspecified atom stereocenters. The first-order chi connectivity index (χ1) is 9.65. The van der Waals surface area contributed by atoms with Crippen LogP contribution in [0.3, 0.4) is 0 Å². The Balaban J connectivity index is 1.60. The minimum Gasteiger partial charge on any atom is -0.497 e. The van der Waals surface area contributed by atoms with Crippen molar-refractivity contribution in [2.75, 3.05) is 19.5 Å². The van der Waals surface area contributed by atoms with E-state index in [0.29, 0.717) is 29.5 Å². The molecule has 4 nitrogen and oxygen atoms in total. The number of methoxy groups -OCH3 is 1. The molecule has 2 aliphatic rings. The molecule has 0 heterocycles. The lowest BCUT2D eigenvalue weighted by Crippen LogP contribution is -2.19. The Labute approximate surface area is 119 Å². The molecule has 0 radical (unpaired) electrons. The van der Waals surface area contributed by atoms with Gasteiger partial charge in [0.25, 0.3) is 0 Å². The maximum Gasteiger partial charge on any atom is 0.338 e. The topological polar surface area (TPSA) is 61.5 Å². The zero-order chi connectivity index (χ0) is 14.1. The summed E-state index contributed by atoms with van der Waals surface area (Å²) in [6.45, 7) is 0.539. The van der Waals surface area contributed by atoms with Gasteiger partial charge in [-0.2, -0.15) is 0 Å². The highest BCUT2D eigenvalue weighted by Gasteiger charge is 2.39. The Morgan fingerprint density at radius 2 is 2.15 bits per heavy atom. The van der Waals surface area contributed by atoms with Crippen LogP contribution < -0.4 is 10.5 Å². The summed E-state index contributed by atoms with van der Waals surface area (Å²) in [6, 6.07) is 4.98. The van der Waals surface area contributed by atoms with Crippen LogP contribution in [0.15, 0.2) is 18.2 Å². The van der Waals surface area contributed by atoms with Gasteiger partial charge in [0.1, 0.15) is 5.75 Å². The predicted octanol–water partition coefficient (Wildman–Crippen LogP) is 2.87. The van der Waals surface area contributed by atoms with E-state index >= 15 is 0 Å². The fraction of sp³-hybridized carbons (Fsp3) is 0.562. The fourth-order valence-electron chi connectivity index (χ4n) is 3.70. The second-order valence-corrected chi connectivity index (χ2v) is 6.03. The molecule has 2 fully saturated rings. The number of benzene rings is 1. The van der Waals surface area contributed by atoms with Gasteiger partial charge in [-0.25, -0.2) is 4.79 Å². The molecule has 0 aliphatic heterocycles. The maximum atomic E-state index is 12.1. The second-order valence-electron chi connectivity index (χ2n) is 6.03. The Bertz CT molecular complexity index is 514. The van der Waals surface area contributed by atoms with Crippen molar-refractivity contribution in [2.24, 2.45) is 17.8 Å². The Kier molecular flexibility index (Phi) is 3.55. The van der Waals surface area contributed by atoms with E-state index < -0.39 is 0 Å². The van der Waals surface area contributed by atoms with Gasteiger partial charge in [-0.05, 0) is 49.1 Å². The van der Waals surface area contributed by atoms with Gasteiger partial charge in [-0.1, -0.05) is 6.42 Å². The van der Waals surface area contributed by atoms with Crippen molar-refractivity contribution in [1.82, 2.24) is 0 Å². The van der Waals surface area contributed by atoms with Crippen LogP contribution in [-0.4, -0.2) is 19.7 Å². The van der Waals surface area contributed by atoms with Crippen molar-refractivity contribution in [3.05, 3.63) is 23.8 Å². The molecule has 108 valence electrons. The lowest BCUT2D eigenvalue weighted by atomic mass is 9.89. The molecule has 0 amide bonds. The summed E-state index contributed by atoms with van der Waals surface area (Å²) in [7, 11) is 1.55. The van der Waals surface area contributed by atoms with E-state index in [2.05, 4.69) is 0 Å². The first-order valence-electron chi connectivity index (χ1n) is 7.27. The van der Waals surface area contributed by atoms with Gasteiger partial charge in [0.2, 0.25) is 0 Å². The smallest absolute Gasteiger partial charge is 0.338 e. The normalized spacial score (nSPS) is 27.6. The molecule has 2 N–H and O–H groups in total. The molecule has 2 saturated carbocycles. The first-order valence-corrected chi connectivity index (χ1v) is 7.27. The quantitative estimate of drug-likeness (QED) is 0.678. The molecule has 20 heavy (non-hydrogen) atoms. The SMILES string of the molecule is COc1cc(N)cc(C(=O)OCC2CC3CCC2C3)c1. The Morgan fingerprint density at radius 1 is 1.30 bits per heavy atom. The third-order valence-corrected chi connectivity index (χ3v) is 4.71. The number of fused-ring (bicyclic) bond motifs is 2. The van der Waals surface area contributed by atoms with Crippen molar-refractivity contribution < 1.29 is 14.3 Å². The number of esters is 1. The number of carbonyl (C=O) groups excluding carboxylic acids is 1. The standard InChI is InChI=1S/C16H21NO3/c1-19-15-7-12(6-14(17)8-15)16(18)20-9-13-5-10-2-3-11(13)4-10/h6-8,10-11,13H,2-5,9,17H2,1H3.